The molecule has 0 radical (unpaired) electrons. The first-order valence-electron chi connectivity index (χ1n) is 8.30. The van der Waals surface area contributed by atoms with E-state index in [9.17, 15) is 18.0 Å². The zero-order valence-corrected chi connectivity index (χ0v) is 15.0. The van der Waals surface area contributed by atoms with Crippen LogP contribution in [0.25, 0.3) is 5.57 Å². The van der Waals surface area contributed by atoms with Crippen molar-refractivity contribution in [2.24, 2.45) is 5.73 Å². The van der Waals surface area contributed by atoms with Crippen molar-refractivity contribution in [3.05, 3.63) is 83.4 Å². The maximum atomic E-state index is 12.8. The fourth-order valence-electron chi connectivity index (χ4n) is 2.47. The minimum Gasteiger partial charge on any atom is -0.490 e. The summed E-state index contributed by atoms with van der Waals surface area (Å²) in [4.78, 5) is 11.0. The molecule has 0 saturated heterocycles. The van der Waals surface area contributed by atoms with Gasteiger partial charge in [-0.25, -0.2) is 0 Å². The third kappa shape index (κ3) is 5.74. The summed E-state index contributed by atoms with van der Waals surface area (Å²) in [6.07, 6.45) is -0.235. The summed E-state index contributed by atoms with van der Waals surface area (Å²) in [7, 11) is 0. The molecule has 0 heterocycles. The van der Waals surface area contributed by atoms with E-state index in [-0.39, 0.29) is 6.10 Å². The van der Waals surface area contributed by atoms with Crippen molar-refractivity contribution in [2.75, 3.05) is 0 Å². The van der Waals surface area contributed by atoms with Gasteiger partial charge < -0.3 is 10.5 Å². The first-order valence-corrected chi connectivity index (χ1v) is 8.30. The van der Waals surface area contributed by atoms with Gasteiger partial charge in [0.2, 0.25) is 5.91 Å². The van der Waals surface area contributed by atoms with Gasteiger partial charge in [-0.05, 0) is 43.2 Å². The van der Waals surface area contributed by atoms with Gasteiger partial charge >= 0.3 is 6.18 Å². The summed E-state index contributed by atoms with van der Waals surface area (Å²) >= 11 is 0. The van der Waals surface area contributed by atoms with E-state index in [1.807, 2.05) is 19.9 Å². The average molecular weight is 375 g/mol. The summed E-state index contributed by atoms with van der Waals surface area (Å²) in [5.74, 6) is -0.0316. The molecule has 0 unspecified atom stereocenters. The molecule has 0 aliphatic rings. The second-order valence-corrected chi connectivity index (χ2v) is 6.08. The van der Waals surface area contributed by atoms with E-state index in [2.05, 4.69) is 0 Å². The van der Waals surface area contributed by atoms with E-state index in [0.717, 1.165) is 12.1 Å². The molecular weight excluding hydrogens is 355 g/mol. The summed E-state index contributed by atoms with van der Waals surface area (Å²) in [6, 6.07) is 12.0. The van der Waals surface area contributed by atoms with Gasteiger partial charge in [0.05, 0.1) is 11.7 Å². The van der Waals surface area contributed by atoms with Gasteiger partial charge in [-0.3, -0.25) is 4.79 Å². The fourth-order valence-corrected chi connectivity index (χ4v) is 2.47. The molecule has 1 amide bonds. The number of allylic oxidation sites excluding steroid dienone is 2. The van der Waals surface area contributed by atoms with E-state index < -0.39 is 17.6 Å². The van der Waals surface area contributed by atoms with Crippen LogP contribution in [0, 0.1) is 0 Å². The van der Waals surface area contributed by atoms with Crippen LogP contribution in [-0.2, 0) is 11.0 Å². The third-order valence-electron chi connectivity index (χ3n) is 3.59. The zero-order chi connectivity index (χ0) is 20.0. The molecule has 0 saturated carbocycles. The van der Waals surface area contributed by atoms with Gasteiger partial charge in [0.15, 0.2) is 0 Å². The summed E-state index contributed by atoms with van der Waals surface area (Å²) in [5.41, 5.74) is 6.24. The van der Waals surface area contributed by atoms with Crippen molar-refractivity contribution in [1.29, 1.82) is 0 Å². The molecule has 0 aliphatic carbocycles. The molecule has 3 nitrogen and oxygen atoms in total. The molecule has 2 rings (SSSR count). The highest BCUT2D eigenvalue weighted by atomic mass is 19.4. The topological polar surface area (TPSA) is 52.3 Å². The summed E-state index contributed by atoms with van der Waals surface area (Å²) < 4.78 is 44.4. The highest BCUT2D eigenvalue weighted by molar-refractivity contribution is 5.88. The highest BCUT2D eigenvalue weighted by Crippen LogP contribution is 2.34. The van der Waals surface area contributed by atoms with Gasteiger partial charge in [0, 0.05) is 11.6 Å². The van der Waals surface area contributed by atoms with Gasteiger partial charge in [0.25, 0.3) is 0 Å². The van der Waals surface area contributed by atoms with E-state index in [0.29, 0.717) is 22.4 Å². The van der Waals surface area contributed by atoms with Crippen molar-refractivity contribution >= 4 is 11.5 Å². The van der Waals surface area contributed by atoms with Crippen LogP contribution in [0.5, 0.6) is 5.75 Å². The van der Waals surface area contributed by atoms with Crippen molar-refractivity contribution < 1.29 is 22.7 Å². The van der Waals surface area contributed by atoms with Gasteiger partial charge in [0.1, 0.15) is 5.75 Å². The predicted octanol–water partition coefficient (Wildman–Crippen LogP) is 4.97. The molecule has 0 spiro atoms. The van der Waals surface area contributed by atoms with Crippen molar-refractivity contribution in [2.45, 2.75) is 26.1 Å². The predicted molar refractivity (Wildman–Crippen MR) is 99.1 cm³/mol. The van der Waals surface area contributed by atoms with Crippen LogP contribution in [0.4, 0.5) is 13.2 Å². The molecular formula is C21H20F3NO2. The number of primary amides is 1. The Bertz CT molecular complexity index is 850. The van der Waals surface area contributed by atoms with Crippen molar-refractivity contribution in [1.82, 2.24) is 0 Å². The van der Waals surface area contributed by atoms with Crippen LogP contribution in [0.2, 0.25) is 0 Å². The van der Waals surface area contributed by atoms with E-state index in [4.69, 9.17) is 10.5 Å². The lowest BCUT2D eigenvalue weighted by molar-refractivity contribution is -0.137. The fraction of sp³-hybridized carbons (Fsp3) is 0.190. The Hall–Kier alpha value is -3.02. The lowest BCUT2D eigenvalue weighted by Crippen LogP contribution is -2.08. The molecule has 0 aliphatic heterocycles. The average Bonchev–Trinajstić information content (AvgIpc) is 2.58. The number of hydrogen-bond acceptors (Lipinski definition) is 2. The van der Waals surface area contributed by atoms with Crippen molar-refractivity contribution in [3.8, 4) is 5.75 Å². The number of amides is 1. The first kappa shape index (κ1) is 20.3. The maximum absolute atomic E-state index is 12.8. The van der Waals surface area contributed by atoms with Crippen LogP contribution in [0.15, 0.2) is 66.8 Å². The molecule has 0 atom stereocenters. The van der Waals surface area contributed by atoms with Crippen molar-refractivity contribution in [3.63, 3.8) is 0 Å². The Labute approximate surface area is 156 Å². The minimum absolute atomic E-state index is 0.0823. The lowest BCUT2D eigenvalue weighted by Gasteiger charge is -2.17. The van der Waals surface area contributed by atoms with Gasteiger partial charge in [-0.15, -0.1) is 0 Å². The van der Waals surface area contributed by atoms with E-state index in [1.165, 1.54) is 24.3 Å². The Morgan fingerprint density at radius 1 is 1.07 bits per heavy atom. The molecule has 0 aromatic heterocycles. The minimum atomic E-state index is -4.41. The third-order valence-corrected chi connectivity index (χ3v) is 3.59. The van der Waals surface area contributed by atoms with E-state index in [1.54, 1.807) is 24.3 Å². The summed E-state index contributed by atoms with van der Waals surface area (Å²) in [5, 5.41) is 0. The zero-order valence-electron chi connectivity index (χ0n) is 15.0. The number of carbonyl (C=O) groups excluding carboxylic acids is 1. The monoisotopic (exact) mass is 375 g/mol. The van der Waals surface area contributed by atoms with Gasteiger partial charge in [-0.2, -0.15) is 13.2 Å². The Balaban J connectivity index is 2.55. The molecule has 2 N–H and O–H groups in total. The number of carbonyl (C=O) groups is 1. The highest BCUT2D eigenvalue weighted by Gasteiger charge is 2.30. The second kappa shape index (κ2) is 8.58. The smallest absolute Gasteiger partial charge is 0.416 e. The summed E-state index contributed by atoms with van der Waals surface area (Å²) in [6.45, 7) is 3.76. The number of ether oxygens (including phenoxy) is 1. The standard InChI is InChI=1S/C21H20F3NO2/c1-14(2)27-19-8-4-3-6-18(19)17(7-5-9-20(25)26)15-10-12-16(13-11-15)21(22,23)24/h3-14H,1-2H3,(H2,25,26). The molecule has 6 heteroatoms. The number of rotatable bonds is 6. The van der Waals surface area contributed by atoms with Crippen LogP contribution < -0.4 is 10.5 Å². The maximum Gasteiger partial charge on any atom is 0.416 e. The number of alkyl halides is 3. The number of nitrogens with two attached hydrogens (primary N) is 1. The number of hydrogen-bond donors (Lipinski definition) is 1. The number of halogens is 3. The number of benzene rings is 2. The first-order chi connectivity index (χ1) is 12.7. The molecule has 2 aromatic rings. The van der Waals surface area contributed by atoms with Gasteiger partial charge in [-0.1, -0.05) is 42.5 Å². The molecule has 0 fully saturated rings. The molecule has 2 aromatic carbocycles. The van der Waals surface area contributed by atoms with Crippen LogP contribution in [-0.4, -0.2) is 12.0 Å². The van der Waals surface area contributed by atoms with Crippen LogP contribution >= 0.6 is 0 Å². The van der Waals surface area contributed by atoms with E-state index >= 15 is 0 Å². The SMILES string of the molecule is CC(C)Oc1ccccc1C(=CC=CC(N)=O)c1ccc(C(F)(F)F)cc1. The largest absolute Gasteiger partial charge is 0.490 e. The molecule has 142 valence electrons. The Morgan fingerprint density at radius 3 is 2.26 bits per heavy atom. The van der Waals surface area contributed by atoms with Crippen LogP contribution in [0.1, 0.15) is 30.5 Å². The Morgan fingerprint density at radius 2 is 1.70 bits per heavy atom. The molecule has 0 bridgehead atoms. The normalized spacial score (nSPS) is 12.6. The molecule has 27 heavy (non-hydrogen) atoms. The second-order valence-electron chi connectivity index (χ2n) is 6.08. The number of para-hydroxylation sites is 1. The quantitative estimate of drug-likeness (QED) is 0.573. The van der Waals surface area contributed by atoms with Crippen LogP contribution in [0.3, 0.4) is 0 Å². The lowest BCUT2D eigenvalue weighted by atomic mass is 9.95. The Kier molecular flexibility index (Phi) is 6.45.